The maximum absolute atomic E-state index is 12.4. The Hall–Kier alpha value is -1.35. The molecule has 0 unspecified atom stereocenters. The van der Waals surface area contributed by atoms with Gasteiger partial charge in [-0.25, -0.2) is 0 Å². The maximum Gasteiger partial charge on any atom is 0.224 e. The monoisotopic (exact) mass is 288 g/mol. The lowest BCUT2D eigenvalue weighted by molar-refractivity contribution is -0.132. The molecule has 0 N–H and O–H groups in total. The van der Waals surface area contributed by atoms with Crippen molar-refractivity contribution in [2.45, 2.75) is 46.1 Å². The molecule has 1 amide bonds. The molecule has 3 heteroatoms. The Kier molecular flexibility index (Phi) is 6.24. The summed E-state index contributed by atoms with van der Waals surface area (Å²) in [6.45, 7) is 9.17. The van der Waals surface area contributed by atoms with Gasteiger partial charge in [-0.2, -0.15) is 0 Å². The van der Waals surface area contributed by atoms with E-state index in [1.807, 2.05) is 4.90 Å². The number of rotatable bonds is 7. The van der Waals surface area contributed by atoms with E-state index in [0.29, 0.717) is 12.3 Å². The summed E-state index contributed by atoms with van der Waals surface area (Å²) in [4.78, 5) is 16.9. The third-order valence-electron chi connectivity index (χ3n) is 4.20. The fourth-order valence-corrected chi connectivity index (χ4v) is 3.09. The van der Waals surface area contributed by atoms with Crippen LogP contribution < -0.4 is 0 Å². The summed E-state index contributed by atoms with van der Waals surface area (Å²) in [7, 11) is 0. The van der Waals surface area contributed by atoms with Gasteiger partial charge < -0.3 is 9.80 Å². The van der Waals surface area contributed by atoms with Crippen molar-refractivity contribution in [2.24, 2.45) is 0 Å². The quantitative estimate of drug-likeness (QED) is 0.770. The van der Waals surface area contributed by atoms with Gasteiger partial charge in [0.15, 0.2) is 0 Å². The van der Waals surface area contributed by atoms with E-state index in [4.69, 9.17) is 0 Å². The fraction of sp³-hybridized carbons (Fsp3) is 0.611. The molecule has 1 aromatic rings. The Bertz CT molecular complexity index is 452. The number of carbonyl (C=O) groups excluding carboxylic acids is 1. The standard InChI is InChI=1S/C18H28N2O/c1-3-11-19(12-4-2)13-10-18(21)20-14-9-16-7-5-6-8-17(16)15-20/h5-8H,3-4,9-15H2,1-2H3. The van der Waals surface area contributed by atoms with Crippen LogP contribution in [0.5, 0.6) is 0 Å². The van der Waals surface area contributed by atoms with Crippen molar-refractivity contribution >= 4 is 5.91 Å². The lowest BCUT2D eigenvalue weighted by atomic mass is 10.00. The van der Waals surface area contributed by atoms with Crippen LogP contribution in [0.4, 0.5) is 0 Å². The van der Waals surface area contributed by atoms with Crippen LogP contribution in [0.25, 0.3) is 0 Å². The number of nitrogens with zero attached hydrogens (tertiary/aromatic N) is 2. The van der Waals surface area contributed by atoms with Crippen LogP contribution in [-0.4, -0.2) is 41.9 Å². The number of carbonyl (C=O) groups is 1. The van der Waals surface area contributed by atoms with E-state index in [1.165, 1.54) is 11.1 Å². The second-order valence-corrected chi connectivity index (χ2v) is 5.93. The molecule has 0 radical (unpaired) electrons. The van der Waals surface area contributed by atoms with Crippen LogP contribution in [0.2, 0.25) is 0 Å². The molecule has 3 nitrogen and oxygen atoms in total. The number of fused-ring (bicyclic) bond motifs is 1. The van der Waals surface area contributed by atoms with Crippen LogP contribution in [-0.2, 0) is 17.8 Å². The molecule has 2 rings (SSSR count). The molecule has 1 aliphatic rings. The van der Waals surface area contributed by atoms with Crippen LogP contribution in [0, 0.1) is 0 Å². The van der Waals surface area contributed by atoms with E-state index in [1.54, 1.807) is 0 Å². The van der Waals surface area contributed by atoms with Crippen molar-refractivity contribution in [3.63, 3.8) is 0 Å². The van der Waals surface area contributed by atoms with Crippen LogP contribution in [0.15, 0.2) is 24.3 Å². The van der Waals surface area contributed by atoms with Crippen molar-refractivity contribution < 1.29 is 4.79 Å². The minimum atomic E-state index is 0.307. The number of amides is 1. The van der Waals surface area contributed by atoms with Gasteiger partial charge in [0.05, 0.1) is 0 Å². The third kappa shape index (κ3) is 4.57. The van der Waals surface area contributed by atoms with Gasteiger partial charge in [0.25, 0.3) is 0 Å². The molecule has 1 aromatic carbocycles. The Morgan fingerprint density at radius 2 is 1.76 bits per heavy atom. The zero-order chi connectivity index (χ0) is 15.1. The maximum atomic E-state index is 12.4. The van der Waals surface area contributed by atoms with E-state index in [-0.39, 0.29) is 0 Å². The number of hydrogen-bond donors (Lipinski definition) is 0. The Labute approximate surface area is 128 Å². The van der Waals surface area contributed by atoms with E-state index >= 15 is 0 Å². The number of hydrogen-bond acceptors (Lipinski definition) is 2. The Balaban J connectivity index is 1.84. The second kappa shape index (κ2) is 8.18. The topological polar surface area (TPSA) is 23.6 Å². The highest BCUT2D eigenvalue weighted by Gasteiger charge is 2.20. The minimum absolute atomic E-state index is 0.307. The average molecular weight is 288 g/mol. The van der Waals surface area contributed by atoms with Gasteiger partial charge in [-0.3, -0.25) is 4.79 Å². The molecule has 0 spiro atoms. The molecule has 0 saturated heterocycles. The Morgan fingerprint density at radius 1 is 1.10 bits per heavy atom. The molecular formula is C18H28N2O. The lowest BCUT2D eigenvalue weighted by Crippen LogP contribution is -2.38. The van der Waals surface area contributed by atoms with Gasteiger partial charge in [-0.15, -0.1) is 0 Å². The van der Waals surface area contributed by atoms with Gasteiger partial charge in [0, 0.05) is 26.1 Å². The molecule has 21 heavy (non-hydrogen) atoms. The fourth-order valence-electron chi connectivity index (χ4n) is 3.09. The Morgan fingerprint density at radius 3 is 2.43 bits per heavy atom. The molecule has 0 bridgehead atoms. The number of benzene rings is 1. The average Bonchev–Trinajstić information content (AvgIpc) is 2.52. The van der Waals surface area contributed by atoms with Crippen LogP contribution in [0.1, 0.15) is 44.2 Å². The summed E-state index contributed by atoms with van der Waals surface area (Å²) >= 11 is 0. The highest BCUT2D eigenvalue weighted by molar-refractivity contribution is 5.76. The molecule has 0 aromatic heterocycles. The molecule has 0 fully saturated rings. The highest BCUT2D eigenvalue weighted by atomic mass is 16.2. The smallest absolute Gasteiger partial charge is 0.224 e. The largest absolute Gasteiger partial charge is 0.338 e. The molecule has 0 aliphatic carbocycles. The van der Waals surface area contributed by atoms with Gasteiger partial charge in [-0.1, -0.05) is 38.1 Å². The molecule has 1 heterocycles. The molecule has 1 aliphatic heterocycles. The van der Waals surface area contributed by atoms with Gasteiger partial charge in [-0.05, 0) is 43.5 Å². The summed E-state index contributed by atoms with van der Waals surface area (Å²) in [6, 6.07) is 8.48. The summed E-state index contributed by atoms with van der Waals surface area (Å²) < 4.78 is 0. The van der Waals surface area contributed by atoms with Crippen molar-refractivity contribution in [3.8, 4) is 0 Å². The zero-order valence-electron chi connectivity index (χ0n) is 13.5. The van der Waals surface area contributed by atoms with Crippen molar-refractivity contribution in [3.05, 3.63) is 35.4 Å². The minimum Gasteiger partial charge on any atom is -0.338 e. The van der Waals surface area contributed by atoms with Crippen molar-refractivity contribution in [2.75, 3.05) is 26.2 Å². The third-order valence-corrected chi connectivity index (χ3v) is 4.20. The molecule has 116 valence electrons. The van der Waals surface area contributed by atoms with Crippen molar-refractivity contribution in [1.29, 1.82) is 0 Å². The van der Waals surface area contributed by atoms with E-state index in [9.17, 15) is 4.79 Å². The second-order valence-electron chi connectivity index (χ2n) is 5.93. The van der Waals surface area contributed by atoms with Crippen molar-refractivity contribution in [1.82, 2.24) is 9.80 Å². The zero-order valence-corrected chi connectivity index (χ0v) is 13.5. The summed E-state index contributed by atoms with van der Waals surface area (Å²) in [5, 5.41) is 0. The molecule has 0 saturated carbocycles. The first-order valence-corrected chi connectivity index (χ1v) is 8.31. The van der Waals surface area contributed by atoms with Crippen LogP contribution in [0.3, 0.4) is 0 Å². The van der Waals surface area contributed by atoms with E-state index < -0.39 is 0 Å². The lowest BCUT2D eigenvalue weighted by Gasteiger charge is -2.30. The highest BCUT2D eigenvalue weighted by Crippen LogP contribution is 2.19. The normalized spacial score (nSPS) is 14.3. The predicted octanol–water partition coefficient (Wildman–Crippen LogP) is 3.08. The first-order valence-electron chi connectivity index (χ1n) is 8.31. The summed E-state index contributed by atoms with van der Waals surface area (Å²) in [5.74, 6) is 0.307. The molecular weight excluding hydrogens is 260 g/mol. The van der Waals surface area contributed by atoms with Gasteiger partial charge in [0.1, 0.15) is 0 Å². The van der Waals surface area contributed by atoms with E-state index in [2.05, 4.69) is 43.0 Å². The van der Waals surface area contributed by atoms with E-state index in [0.717, 1.165) is 52.0 Å². The van der Waals surface area contributed by atoms with Gasteiger partial charge >= 0.3 is 0 Å². The van der Waals surface area contributed by atoms with Crippen LogP contribution >= 0.6 is 0 Å². The predicted molar refractivity (Wildman–Crippen MR) is 87.2 cm³/mol. The SMILES string of the molecule is CCCN(CCC)CCC(=O)N1CCc2ccccc2C1. The summed E-state index contributed by atoms with van der Waals surface area (Å²) in [5.41, 5.74) is 2.72. The first-order chi connectivity index (χ1) is 10.2. The summed E-state index contributed by atoms with van der Waals surface area (Å²) in [6.07, 6.45) is 3.97. The molecule has 0 atom stereocenters. The van der Waals surface area contributed by atoms with Gasteiger partial charge in [0.2, 0.25) is 5.91 Å². The first kappa shape index (κ1) is 16.0.